The van der Waals surface area contributed by atoms with Crippen LogP contribution in [0.5, 0.6) is 0 Å². The summed E-state index contributed by atoms with van der Waals surface area (Å²) in [4.78, 5) is 12.5. The van der Waals surface area contributed by atoms with Crippen LogP contribution in [0.4, 0.5) is 0 Å². The average Bonchev–Trinajstić information content (AvgIpc) is 3.16. The third-order valence-corrected chi connectivity index (χ3v) is 5.30. The van der Waals surface area contributed by atoms with Gasteiger partial charge in [-0.15, -0.1) is 9.19 Å². The Balaban J connectivity index is 1.95. The van der Waals surface area contributed by atoms with Crippen LogP contribution in [0.2, 0.25) is 0 Å². The maximum Gasteiger partial charge on any atom is 0.285 e. The Morgan fingerprint density at radius 2 is 1.31 bits per heavy atom. The van der Waals surface area contributed by atoms with Crippen LogP contribution in [0.15, 0.2) is 84.3 Å². The molecule has 3 aromatic heterocycles. The topological polar surface area (TPSA) is 90.6 Å². The van der Waals surface area contributed by atoms with Gasteiger partial charge >= 0.3 is 0 Å². The lowest BCUT2D eigenvalue weighted by Gasteiger charge is -2.07. The molecule has 0 N–H and O–H groups in total. The second kappa shape index (κ2) is 6.49. The molecule has 1 aromatic carbocycles. The van der Waals surface area contributed by atoms with Crippen LogP contribution in [0.3, 0.4) is 0 Å². The van der Waals surface area contributed by atoms with Crippen molar-refractivity contribution >= 4 is 10.0 Å². The van der Waals surface area contributed by atoms with Gasteiger partial charge in [-0.25, -0.2) is 4.98 Å². The minimum absolute atomic E-state index is 0.140. The zero-order valence-corrected chi connectivity index (χ0v) is 14.3. The fraction of sp³-hybridized carbons (Fsp3) is 0. The fourth-order valence-electron chi connectivity index (χ4n) is 2.46. The molecule has 0 saturated carbocycles. The van der Waals surface area contributed by atoms with Gasteiger partial charge in [0.25, 0.3) is 10.0 Å². The van der Waals surface area contributed by atoms with E-state index in [4.69, 9.17) is 0 Å². The van der Waals surface area contributed by atoms with Gasteiger partial charge in [-0.3, -0.25) is 9.97 Å². The van der Waals surface area contributed by atoms with E-state index in [0.29, 0.717) is 17.0 Å². The van der Waals surface area contributed by atoms with Crippen LogP contribution in [0, 0.1) is 0 Å². The van der Waals surface area contributed by atoms with Crippen molar-refractivity contribution in [3.05, 3.63) is 79.4 Å². The number of hydrogen-bond acceptors (Lipinski definition) is 6. The van der Waals surface area contributed by atoms with Crippen molar-refractivity contribution < 1.29 is 8.42 Å². The molecule has 4 rings (SSSR count). The zero-order valence-electron chi connectivity index (χ0n) is 13.5. The molecule has 26 heavy (non-hydrogen) atoms. The molecule has 0 aliphatic heterocycles. The molecule has 4 aromatic rings. The monoisotopic (exact) mass is 363 g/mol. The second-order valence-electron chi connectivity index (χ2n) is 5.39. The Labute approximate surface area is 150 Å². The first-order valence-electron chi connectivity index (χ1n) is 7.75. The van der Waals surface area contributed by atoms with E-state index in [2.05, 4.69) is 20.1 Å². The molecular weight excluding hydrogens is 350 g/mol. The molecule has 0 fully saturated rings. The van der Waals surface area contributed by atoms with Crippen molar-refractivity contribution in [2.24, 2.45) is 0 Å². The van der Waals surface area contributed by atoms with Crippen molar-refractivity contribution in [2.75, 3.05) is 0 Å². The summed E-state index contributed by atoms with van der Waals surface area (Å²) in [6, 6.07) is 15.0. The first kappa shape index (κ1) is 16.1. The van der Waals surface area contributed by atoms with Gasteiger partial charge in [0, 0.05) is 35.9 Å². The molecule has 0 aliphatic carbocycles. The lowest BCUT2D eigenvalue weighted by atomic mass is 10.2. The van der Waals surface area contributed by atoms with Crippen molar-refractivity contribution in [1.29, 1.82) is 0 Å². The summed E-state index contributed by atoms with van der Waals surface area (Å²) >= 11 is 0. The predicted molar refractivity (Wildman–Crippen MR) is 95.5 cm³/mol. The third kappa shape index (κ3) is 2.86. The van der Waals surface area contributed by atoms with Gasteiger partial charge < -0.3 is 0 Å². The Bertz CT molecular complexity index is 1130. The Morgan fingerprint density at radius 1 is 0.731 bits per heavy atom. The second-order valence-corrected chi connectivity index (χ2v) is 7.16. The van der Waals surface area contributed by atoms with Gasteiger partial charge in [0.15, 0.2) is 11.6 Å². The van der Waals surface area contributed by atoms with E-state index in [-0.39, 0.29) is 10.7 Å². The van der Waals surface area contributed by atoms with Gasteiger partial charge in [-0.2, -0.15) is 8.42 Å². The van der Waals surface area contributed by atoms with Crippen LogP contribution in [-0.4, -0.2) is 32.6 Å². The normalized spacial score (nSPS) is 11.4. The lowest BCUT2D eigenvalue weighted by Crippen LogP contribution is -2.16. The minimum Gasteiger partial charge on any atom is -0.265 e. The number of nitrogens with zero attached hydrogens (tertiary/aromatic N) is 5. The van der Waals surface area contributed by atoms with E-state index in [0.717, 1.165) is 4.09 Å². The fourth-order valence-corrected chi connectivity index (χ4v) is 3.72. The van der Waals surface area contributed by atoms with E-state index in [9.17, 15) is 8.42 Å². The molecule has 8 heteroatoms. The summed E-state index contributed by atoms with van der Waals surface area (Å²) in [6.45, 7) is 0. The lowest BCUT2D eigenvalue weighted by molar-refractivity contribution is 0.581. The smallest absolute Gasteiger partial charge is 0.265 e. The van der Waals surface area contributed by atoms with Crippen molar-refractivity contribution in [1.82, 2.24) is 24.1 Å². The number of rotatable bonds is 4. The average molecular weight is 363 g/mol. The summed E-state index contributed by atoms with van der Waals surface area (Å²) in [6.07, 6.45) is 6.37. The highest BCUT2D eigenvalue weighted by atomic mass is 32.2. The van der Waals surface area contributed by atoms with E-state index in [1.54, 1.807) is 67.3 Å². The van der Waals surface area contributed by atoms with Gasteiger partial charge in [-0.1, -0.05) is 18.2 Å². The standard InChI is InChI=1S/C18H13N5O2S/c24-26(25,16-4-2-1-3-5-16)23-18(15-8-12-20-13-9-15)21-17(22-23)14-6-10-19-11-7-14/h1-13H. The molecule has 0 saturated heterocycles. The number of hydrogen-bond donors (Lipinski definition) is 0. The van der Waals surface area contributed by atoms with Crippen LogP contribution < -0.4 is 0 Å². The molecule has 0 spiro atoms. The summed E-state index contributed by atoms with van der Waals surface area (Å²) < 4.78 is 27.2. The molecular formula is C18H13N5O2S. The maximum atomic E-state index is 13.1. The van der Waals surface area contributed by atoms with Gasteiger partial charge in [0.1, 0.15) is 0 Å². The van der Waals surface area contributed by atoms with E-state index in [1.807, 2.05) is 0 Å². The molecule has 0 aliphatic rings. The highest BCUT2D eigenvalue weighted by molar-refractivity contribution is 7.90. The van der Waals surface area contributed by atoms with Gasteiger partial charge in [0.2, 0.25) is 0 Å². The first-order valence-corrected chi connectivity index (χ1v) is 9.19. The van der Waals surface area contributed by atoms with E-state index in [1.165, 1.54) is 12.1 Å². The third-order valence-electron chi connectivity index (χ3n) is 3.72. The van der Waals surface area contributed by atoms with Crippen molar-refractivity contribution in [2.45, 2.75) is 4.90 Å². The molecule has 0 radical (unpaired) electrons. The van der Waals surface area contributed by atoms with Crippen LogP contribution in [0.1, 0.15) is 0 Å². The quantitative estimate of drug-likeness (QED) is 0.554. The molecule has 0 amide bonds. The number of benzene rings is 1. The van der Waals surface area contributed by atoms with E-state index < -0.39 is 10.0 Å². The highest BCUT2D eigenvalue weighted by Gasteiger charge is 2.25. The van der Waals surface area contributed by atoms with Gasteiger partial charge in [0.05, 0.1) is 4.90 Å². The minimum atomic E-state index is -3.90. The molecule has 3 heterocycles. The summed E-state index contributed by atoms with van der Waals surface area (Å²) in [5.41, 5.74) is 1.28. The SMILES string of the molecule is O=S(=O)(c1ccccc1)n1nc(-c2ccncc2)nc1-c1ccncc1. The molecule has 128 valence electrons. The Hall–Kier alpha value is -3.39. The van der Waals surface area contributed by atoms with Crippen LogP contribution >= 0.6 is 0 Å². The summed E-state index contributed by atoms with van der Waals surface area (Å²) in [5, 5.41) is 4.27. The Morgan fingerprint density at radius 3 is 1.92 bits per heavy atom. The summed E-state index contributed by atoms with van der Waals surface area (Å²) in [7, 11) is -3.90. The number of pyridine rings is 2. The number of aromatic nitrogens is 5. The zero-order chi connectivity index (χ0) is 18.0. The summed E-state index contributed by atoms with van der Waals surface area (Å²) in [5.74, 6) is 0.529. The van der Waals surface area contributed by atoms with Crippen molar-refractivity contribution in [3.8, 4) is 22.8 Å². The molecule has 0 atom stereocenters. The predicted octanol–water partition coefficient (Wildman–Crippen LogP) is 2.64. The first-order chi connectivity index (χ1) is 12.7. The highest BCUT2D eigenvalue weighted by Crippen LogP contribution is 2.25. The molecule has 7 nitrogen and oxygen atoms in total. The largest absolute Gasteiger partial charge is 0.285 e. The molecule has 0 unspecified atom stereocenters. The maximum absolute atomic E-state index is 13.1. The van der Waals surface area contributed by atoms with E-state index >= 15 is 0 Å². The molecule has 0 bridgehead atoms. The van der Waals surface area contributed by atoms with Gasteiger partial charge in [-0.05, 0) is 36.4 Å². The Kier molecular flexibility index (Phi) is 4.02. The van der Waals surface area contributed by atoms with Crippen LogP contribution in [0.25, 0.3) is 22.8 Å². The van der Waals surface area contributed by atoms with Crippen molar-refractivity contribution in [3.63, 3.8) is 0 Å². The van der Waals surface area contributed by atoms with Crippen LogP contribution in [-0.2, 0) is 10.0 Å².